The highest BCUT2D eigenvalue weighted by Gasteiger charge is 2.36. The molecule has 0 amide bonds. The van der Waals surface area contributed by atoms with Gasteiger partial charge in [-0.25, -0.2) is 0 Å². The van der Waals surface area contributed by atoms with Gasteiger partial charge < -0.3 is 5.11 Å². The van der Waals surface area contributed by atoms with Crippen LogP contribution in [0.1, 0.15) is 127 Å². The van der Waals surface area contributed by atoms with Crippen molar-refractivity contribution in [2.75, 3.05) is 0 Å². The Kier molecular flexibility index (Phi) is 12.7. The molecule has 0 aromatic carbocycles. The van der Waals surface area contributed by atoms with E-state index in [1.807, 2.05) is 6.92 Å². The van der Waals surface area contributed by atoms with Crippen LogP contribution in [0.5, 0.6) is 0 Å². The molecule has 0 spiro atoms. The summed E-state index contributed by atoms with van der Waals surface area (Å²) in [7, 11) is 0. The van der Waals surface area contributed by atoms with Crippen molar-refractivity contribution in [3.63, 3.8) is 0 Å². The predicted octanol–water partition coefficient (Wildman–Crippen LogP) is 9.62. The fourth-order valence-electron chi connectivity index (χ4n) is 5.12. The maximum Gasteiger partial charge on any atom is 0.131 e. The lowest BCUT2D eigenvalue weighted by Gasteiger charge is -2.40. The van der Waals surface area contributed by atoms with Gasteiger partial charge in [0.1, 0.15) is 6.04 Å². The van der Waals surface area contributed by atoms with Crippen molar-refractivity contribution in [3.8, 4) is 0 Å². The van der Waals surface area contributed by atoms with Crippen LogP contribution in [0.25, 0.3) is 0 Å². The lowest BCUT2D eigenvalue weighted by atomic mass is 9.65. The van der Waals surface area contributed by atoms with E-state index in [1.165, 1.54) is 41.6 Å². The number of nitrogens with zero attached hydrogens (tertiary/aromatic N) is 1. The van der Waals surface area contributed by atoms with Crippen molar-refractivity contribution in [1.29, 1.82) is 0 Å². The summed E-state index contributed by atoms with van der Waals surface area (Å²) in [5.41, 5.74) is 7.14. The van der Waals surface area contributed by atoms with Crippen molar-refractivity contribution >= 4 is 0 Å². The highest BCUT2D eigenvalue weighted by atomic mass is 16.3. The Morgan fingerprint density at radius 3 is 2.35 bits per heavy atom. The van der Waals surface area contributed by atoms with Gasteiger partial charge in [-0.2, -0.15) is 0 Å². The second kappa shape index (κ2) is 14.2. The summed E-state index contributed by atoms with van der Waals surface area (Å²) in [6, 6.07) is -0.290. The van der Waals surface area contributed by atoms with E-state index in [2.05, 4.69) is 78.8 Å². The van der Waals surface area contributed by atoms with Crippen LogP contribution in [-0.4, -0.2) is 17.3 Å². The normalized spacial score (nSPS) is 23.2. The van der Waals surface area contributed by atoms with E-state index >= 15 is 0 Å². The Morgan fingerprint density at radius 1 is 1.15 bits per heavy atom. The van der Waals surface area contributed by atoms with E-state index in [0.29, 0.717) is 0 Å². The highest BCUT2D eigenvalue weighted by molar-refractivity contribution is 5.40. The number of aliphatic hydroxyl groups excluding tert-OH is 1. The average Bonchev–Trinajstić information content (AvgIpc) is 2.76. The van der Waals surface area contributed by atoms with Gasteiger partial charge >= 0.3 is 0 Å². The monoisotopic (exact) mass is 471 g/mol. The Hall–Kier alpha value is -1.48. The van der Waals surface area contributed by atoms with E-state index in [1.54, 1.807) is 0 Å². The van der Waals surface area contributed by atoms with Crippen molar-refractivity contribution in [2.24, 2.45) is 16.0 Å². The Balaban J connectivity index is 2.53. The van der Waals surface area contributed by atoms with Crippen molar-refractivity contribution < 1.29 is 5.11 Å². The number of hydrogen-bond donors (Lipinski definition) is 1. The van der Waals surface area contributed by atoms with Crippen LogP contribution in [0, 0.1) is 15.7 Å². The molecule has 194 valence electrons. The van der Waals surface area contributed by atoms with Crippen molar-refractivity contribution in [1.82, 2.24) is 0 Å². The molecule has 1 aliphatic carbocycles. The van der Waals surface area contributed by atoms with E-state index in [0.717, 1.165) is 50.5 Å². The lowest BCUT2D eigenvalue weighted by molar-refractivity contribution is 0.186. The van der Waals surface area contributed by atoms with E-state index < -0.39 is 0 Å². The van der Waals surface area contributed by atoms with E-state index in [-0.39, 0.29) is 23.0 Å². The van der Waals surface area contributed by atoms with Gasteiger partial charge in [-0.3, -0.25) is 0 Å². The molecule has 0 radical (unpaired) electrons. The van der Waals surface area contributed by atoms with E-state index in [4.69, 9.17) is 0 Å². The molecule has 0 fully saturated rings. The molecule has 0 bridgehead atoms. The summed E-state index contributed by atoms with van der Waals surface area (Å²) >= 11 is 0. The average molecular weight is 472 g/mol. The molecule has 0 aliphatic heterocycles. The third-order valence-electron chi connectivity index (χ3n) is 8.36. The molecular formula is C31H53NO2. The topological polar surface area (TPSA) is 49.7 Å². The highest BCUT2D eigenvalue weighted by Crippen LogP contribution is 2.47. The Bertz CT molecular complexity index is 781. The summed E-state index contributed by atoms with van der Waals surface area (Å²) in [4.78, 5) is 11.4. The molecule has 0 aromatic rings. The number of nitroso groups, excluding NO2 is 1. The summed E-state index contributed by atoms with van der Waals surface area (Å²) in [5, 5.41) is 12.8. The molecule has 3 unspecified atom stereocenters. The van der Waals surface area contributed by atoms with Gasteiger partial charge in [-0.1, -0.05) is 73.4 Å². The molecule has 1 N–H and O–H groups in total. The molecule has 0 heterocycles. The number of allylic oxidation sites excluding steroid dienone is 6. The number of rotatable bonds is 15. The van der Waals surface area contributed by atoms with Gasteiger partial charge in [0.2, 0.25) is 0 Å². The molecule has 0 saturated carbocycles. The predicted molar refractivity (Wildman–Crippen MR) is 149 cm³/mol. The Morgan fingerprint density at radius 2 is 1.76 bits per heavy atom. The molecular weight excluding hydrogens is 418 g/mol. The second-order valence-corrected chi connectivity index (χ2v) is 11.8. The maximum absolute atomic E-state index is 11.4. The molecule has 1 rings (SSSR count). The van der Waals surface area contributed by atoms with Crippen molar-refractivity contribution in [2.45, 2.75) is 139 Å². The second-order valence-electron chi connectivity index (χ2n) is 11.8. The van der Waals surface area contributed by atoms with Crippen LogP contribution in [-0.2, 0) is 0 Å². The fourth-order valence-corrected chi connectivity index (χ4v) is 5.12. The number of aliphatic hydroxyl groups is 1. The minimum absolute atomic E-state index is 0.0591. The van der Waals surface area contributed by atoms with Crippen LogP contribution in [0.3, 0.4) is 0 Å². The first-order valence-corrected chi connectivity index (χ1v) is 13.6. The van der Waals surface area contributed by atoms with Gasteiger partial charge in [0.05, 0.1) is 6.10 Å². The Labute approximate surface area is 210 Å². The molecule has 0 aromatic heterocycles. The minimum Gasteiger partial charge on any atom is -0.393 e. The zero-order chi connectivity index (χ0) is 25.9. The third-order valence-corrected chi connectivity index (χ3v) is 8.36. The smallest absolute Gasteiger partial charge is 0.131 e. The molecule has 3 atom stereocenters. The maximum atomic E-state index is 11.4. The fraction of sp³-hybridized carbons (Fsp3) is 0.742. The van der Waals surface area contributed by atoms with Crippen LogP contribution < -0.4 is 0 Å². The molecule has 3 nitrogen and oxygen atoms in total. The van der Waals surface area contributed by atoms with Gasteiger partial charge in [0, 0.05) is 5.41 Å². The van der Waals surface area contributed by atoms with Crippen molar-refractivity contribution in [3.05, 3.63) is 51.0 Å². The van der Waals surface area contributed by atoms with Crippen LogP contribution in [0.15, 0.2) is 51.3 Å². The minimum atomic E-state index is -0.290. The first kappa shape index (κ1) is 30.6. The quantitative estimate of drug-likeness (QED) is 0.191. The van der Waals surface area contributed by atoms with E-state index in [9.17, 15) is 10.0 Å². The molecule has 34 heavy (non-hydrogen) atoms. The number of hydrogen-bond acceptors (Lipinski definition) is 3. The van der Waals surface area contributed by atoms with Gasteiger partial charge in [0.15, 0.2) is 0 Å². The van der Waals surface area contributed by atoms with Gasteiger partial charge in [0.25, 0.3) is 0 Å². The summed E-state index contributed by atoms with van der Waals surface area (Å²) in [6.07, 6.45) is 17.5. The van der Waals surface area contributed by atoms with Crippen LogP contribution in [0.4, 0.5) is 0 Å². The van der Waals surface area contributed by atoms with Gasteiger partial charge in [-0.15, -0.1) is 4.91 Å². The molecule has 3 heteroatoms. The molecule has 1 aliphatic rings. The lowest BCUT2D eigenvalue weighted by Crippen LogP contribution is -2.29. The summed E-state index contributed by atoms with van der Waals surface area (Å²) in [6.45, 7) is 20.0. The van der Waals surface area contributed by atoms with Crippen LogP contribution >= 0.6 is 0 Å². The largest absolute Gasteiger partial charge is 0.393 e. The van der Waals surface area contributed by atoms with Gasteiger partial charge in [-0.05, 0) is 110 Å². The SMILES string of the molecule is CCC1(C)C(CCC(C)(C)CCC/C(C)=C/CC/C(C)=C/CCC(C)O)=CC(N=O)C(C)=C1C. The summed E-state index contributed by atoms with van der Waals surface area (Å²) in [5.74, 6) is 0. The first-order chi connectivity index (χ1) is 15.9. The first-order valence-electron chi connectivity index (χ1n) is 13.6. The summed E-state index contributed by atoms with van der Waals surface area (Å²) < 4.78 is 0. The zero-order valence-corrected chi connectivity index (χ0v) is 23.8. The standard InChI is InChI=1S/C31H53NO2/c1-10-31(9)27(6)26(5)29(32-34)22-28(31)19-21-30(7,8)20-13-17-24(3)15-11-14-23(2)16-12-18-25(4)33/h15-16,22,25,29,33H,10-14,17-21H2,1-9H3/b23-16+,24-15+. The molecule has 0 saturated heterocycles. The van der Waals surface area contributed by atoms with Crippen LogP contribution in [0.2, 0.25) is 0 Å². The third kappa shape index (κ3) is 9.64. The zero-order valence-electron chi connectivity index (χ0n) is 23.8.